The molecule has 1 aliphatic heterocycles. The van der Waals surface area contributed by atoms with E-state index >= 15 is 0 Å². The normalized spacial score (nSPS) is 15.7. The lowest BCUT2D eigenvalue weighted by Gasteiger charge is -2.31. The molecule has 1 aliphatic rings. The fourth-order valence-corrected chi connectivity index (χ4v) is 2.95. The van der Waals surface area contributed by atoms with Gasteiger partial charge in [0, 0.05) is 19.3 Å². The van der Waals surface area contributed by atoms with Crippen molar-refractivity contribution in [1.29, 1.82) is 0 Å². The first kappa shape index (κ1) is 14.5. The van der Waals surface area contributed by atoms with Crippen molar-refractivity contribution in [1.82, 2.24) is 14.9 Å². The van der Waals surface area contributed by atoms with Gasteiger partial charge >= 0.3 is 0 Å². The second kappa shape index (κ2) is 6.56. The Morgan fingerprint density at radius 2 is 1.95 bits per heavy atom. The van der Waals surface area contributed by atoms with Crippen LogP contribution < -0.4 is 5.56 Å². The lowest BCUT2D eigenvalue weighted by Crippen LogP contribution is -2.41. The van der Waals surface area contributed by atoms with Crippen molar-refractivity contribution >= 4 is 5.91 Å². The van der Waals surface area contributed by atoms with Gasteiger partial charge in [0.25, 0.3) is 11.5 Å². The maximum atomic E-state index is 12.4. The van der Waals surface area contributed by atoms with Gasteiger partial charge in [-0.2, -0.15) is 0 Å². The van der Waals surface area contributed by atoms with Gasteiger partial charge in [-0.1, -0.05) is 30.3 Å². The van der Waals surface area contributed by atoms with Crippen LogP contribution in [0.3, 0.4) is 0 Å². The average Bonchev–Trinajstić information content (AvgIpc) is 2.56. The molecule has 3 rings (SSSR count). The number of aromatic amines is 1. The van der Waals surface area contributed by atoms with E-state index in [2.05, 4.69) is 34.2 Å². The first-order chi connectivity index (χ1) is 10.7. The molecule has 5 heteroatoms. The fourth-order valence-electron chi connectivity index (χ4n) is 2.95. The van der Waals surface area contributed by atoms with Gasteiger partial charge in [0.1, 0.15) is 5.56 Å². The molecule has 0 spiro atoms. The maximum absolute atomic E-state index is 12.4. The van der Waals surface area contributed by atoms with E-state index in [0.717, 1.165) is 19.3 Å². The van der Waals surface area contributed by atoms with Crippen LogP contribution in [-0.2, 0) is 6.42 Å². The summed E-state index contributed by atoms with van der Waals surface area (Å²) in [7, 11) is 0. The molecule has 0 aliphatic carbocycles. The van der Waals surface area contributed by atoms with Crippen LogP contribution in [0.15, 0.2) is 47.7 Å². The van der Waals surface area contributed by atoms with E-state index in [-0.39, 0.29) is 17.0 Å². The molecule has 0 saturated carbocycles. The summed E-state index contributed by atoms with van der Waals surface area (Å²) >= 11 is 0. The SMILES string of the molecule is O=C(c1cnc[nH]c1=O)N1CCC(Cc2ccccc2)CC1. The fraction of sp³-hybridized carbons (Fsp3) is 0.353. The molecule has 0 radical (unpaired) electrons. The van der Waals surface area contributed by atoms with Gasteiger partial charge < -0.3 is 9.88 Å². The van der Waals surface area contributed by atoms with Crippen LogP contribution in [0.1, 0.15) is 28.8 Å². The van der Waals surface area contributed by atoms with Gasteiger partial charge in [-0.3, -0.25) is 9.59 Å². The summed E-state index contributed by atoms with van der Waals surface area (Å²) in [5, 5.41) is 0. The Morgan fingerprint density at radius 1 is 1.23 bits per heavy atom. The molecule has 1 fully saturated rings. The van der Waals surface area contributed by atoms with Crippen molar-refractivity contribution < 1.29 is 4.79 Å². The van der Waals surface area contributed by atoms with Crippen LogP contribution >= 0.6 is 0 Å². The van der Waals surface area contributed by atoms with Gasteiger partial charge in [-0.05, 0) is 30.7 Å². The predicted molar refractivity (Wildman–Crippen MR) is 83.6 cm³/mol. The highest BCUT2D eigenvalue weighted by Crippen LogP contribution is 2.22. The van der Waals surface area contributed by atoms with Crippen molar-refractivity contribution in [3.05, 3.63) is 64.3 Å². The molecular formula is C17H19N3O2. The van der Waals surface area contributed by atoms with E-state index in [1.165, 1.54) is 18.1 Å². The second-order valence-electron chi connectivity index (χ2n) is 5.72. The van der Waals surface area contributed by atoms with Crippen molar-refractivity contribution in [2.24, 2.45) is 5.92 Å². The Balaban J connectivity index is 1.59. The van der Waals surface area contributed by atoms with Crippen molar-refractivity contribution in [3.63, 3.8) is 0 Å². The van der Waals surface area contributed by atoms with E-state index in [0.29, 0.717) is 19.0 Å². The largest absolute Gasteiger partial charge is 0.338 e. The summed E-state index contributed by atoms with van der Waals surface area (Å²) in [5.41, 5.74) is 1.10. The first-order valence-corrected chi connectivity index (χ1v) is 7.60. The van der Waals surface area contributed by atoms with E-state index in [4.69, 9.17) is 0 Å². The number of nitrogens with one attached hydrogen (secondary N) is 1. The highest BCUT2D eigenvalue weighted by Gasteiger charge is 2.25. The Bertz CT molecular complexity index is 688. The molecule has 1 amide bonds. The number of benzene rings is 1. The zero-order valence-corrected chi connectivity index (χ0v) is 12.4. The summed E-state index contributed by atoms with van der Waals surface area (Å²) < 4.78 is 0. The molecule has 1 aromatic heterocycles. The molecule has 0 unspecified atom stereocenters. The standard InChI is InChI=1S/C17H19N3O2/c21-16-15(11-18-12-19-16)17(22)20-8-6-14(7-9-20)10-13-4-2-1-3-5-13/h1-5,11-12,14H,6-10H2,(H,18,19,21). The molecule has 2 heterocycles. The van der Waals surface area contributed by atoms with Gasteiger partial charge in [-0.25, -0.2) is 4.98 Å². The third kappa shape index (κ3) is 3.24. The second-order valence-corrected chi connectivity index (χ2v) is 5.72. The predicted octanol–water partition coefficient (Wildman–Crippen LogP) is 1.86. The summed E-state index contributed by atoms with van der Waals surface area (Å²) in [6.07, 6.45) is 5.64. The lowest BCUT2D eigenvalue weighted by molar-refractivity contribution is 0.0688. The molecule has 5 nitrogen and oxygen atoms in total. The number of hydrogen-bond donors (Lipinski definition) is 1. The van der Waals surface area contributed by atoms with Gasteiger partial charge in [-0.15, -0.1) is 0 Å². The Hall–Kier alpha value is -2.43. The van der Waals surface area contributed by atoms with Crippen LogP contribution in [0, 0.1) is 5.92 Å². The molecule has 0 bridgehead atoms. The zero-order chi connectivity index (χ0) is 15.4. The molecule has 1 saturated heterocycles. The summed E-state index contributed by atoms with van der Waals surface area (Å²) in [6.45, 7) is 1.40. The van der Waals surface area contributed by atoms with Crippen LogP contribution in [0.5, 0.6) is 0 Å². The summed E-state index contributed by atoms with van der Waals surface area (Å²) in [5.74, 6) is 0.381. The molecule has 114 valence electrons. The van der Waals surface area contributed by atoms with Crippen molar-refractivity contribution in [2.75, 3.05) is 13.1 Å². The van der Waals surface area contributed by atoms with Crippen molar-refractivity contribution in [2.45, 2.75) is 19.3 Å². The topological polar surface area (TPSA) is 66.1 Å². The Kier molecular flexibility index (Phi) is 4.32. The summed E-state index contributed by atoms with van der Waals surface area (Å²) in [4.78, 5) is 32.1. The molecule has 0 atom stereocenters. The first-order valence-electron chi connectivity index (χ1n) is 7.60. The van der Waals surface area contributed by atoms with Crippen LogP contribution in [0.25, 0.3) is 0 Å². The number of piperidine rings is 1. The minimum Gasteiger partial charge on any atom is -0.338 e. The average molecular weight is 297 g/mol. The highest BCUT2D eigenvalue weighted by molar-refractivity contribution is 5.93. The van der Waals surface area contributed by atoms with E-state index in [1.54, 1.807) is 4.90 Å². The highest BCUT2D eigenvalue weighted by atomic mass is 16.2. The molecule has 1 aromatic carbocycles. The number of H-pyrrole nitrogens is 1. The van der Waals surface area contributed by atoms with Gasteiger partial charge in [0.05, 0.1) is 6.33 Å². The Labute approximate surface area is 129 Å². The number of carbonyl (C=O) groups is 1. The number of amides is 1. The van der Waals surface area contributed by atoms with Crippen molar-refractivity contribution in [3.8, 4) is 0 Å². The van der Waals surface area contributed by atoms with Gasteiger partial charge in [0.15, 0.2) is 0 Å². The number of nitrogens with zero attached hydrogens (tertiary/aromatic N) is 2. The van der Waals surface area contributed by atoms with E-state index in [1.807, 2.05) is 6.07 Å². The number of carbonyl (C=O) groups excluding carboxylic acids is 1. The third-order valence-corrected chi connectivity index (χ3v) is 4.22. The third-order valence-electron chi connectivity index (χ3n) is 4.22. The summed E-state index contributed by atoms with van der Waals surface area (Å²) in [6, 6.07) is 10.4. The van der Waals surface area contributed by atoms with E-state index in [9.17, 15) is 9.59 Å². The van der Waals surface area contributed by atoms with Crippen LogP contribution in [0.4, 0.5) is 0 Å². The van der Waals surface area contributed by atoms with Crippen LogP contribution in [0.2, 0.25) is 0 Å². The van der Waals surface area contributed by atoms with E-state index < -0.39 is 0 Å². The lowest BCUT2D eigenvalue weighted by atomic mass is 9.90. The maximum Gasteiger partial charge on any atom is 0.263 e. The molecule has 1 N–H and O–H groups in total. The number of aromatic nitrogens is 2. The Morgan fingerprint density at radius 3 is 2.64 bits per heavy atom. The number of rotatable bonds is 3. The van der Waals surface area contributed by atoms with Gasteiger partial charge in [0.2, 0.25) is 0 Å². The zero-order valence-electron chi connectivity index (χ0n) is 12.4. The molecule has 2 aromatic rings. The minimum absolute atomic E-state index is 0.129. The number of hydrogen-bond acceptors (Lipinski definition) is 3. The molecular weight excluding hydrogens is 278 g/mol. The number of likely N-dealkylation sites (tertiary alicyclic amines) is 1. The molecule has 22 heavy (non-hydrogen) atoms. The minimum atomic E-state index is -0.369. The van der Waals surface area contributed by atoms with Crippen LogP contribution in [-0.4, -0.2) is 33.9 Å². The monoisotopic (exact) mass is 297 g/mol. The quantitative estimate of drug-likeness (QED) is 0.940. The smallest absolute Gasteiger partial charge is 0.263 e.